The lowest BCUT2D eigenvalue weighted by Gasteiger charge is -2.23. The van der Waals surface area contributed by atoms with E-state index in [0.29, 0.717) is 44.1 Å². The molecule has 4 aromatic rings. The summed E-state index contributed by atoms with van der Waals surface area (Å²) < 4.78 is 11.3. The molecular weight excluding hydrogens is 519 g/mol. The van der Waals surface area contributed by atoms with Crippen molar-refractivity contribution in [3.05, 3.63) is 45.1 Å². The summed E-state index contributed by atoms with van der Waals surface area (Å²) in [4.78, 5) is 39.3. The predicted octanol–water partition coefficient (Wildman–Crippen LogP) is 4.80. The van der Waals surface area contributed by atoms with Crippen LogP contribution in [0.2, 0.25) is 0 Å². The number of benzene rings is 2. The van der Waals surface area contributed by atoms with Crippen LogP contribution in [0, 0.1) is 0 Å². The van der Waals surface area contributed by atoms with Crippen LogP contribution in [-0.2, 0) is 0 Å². The molecule has 11 heteroatoms. The second kappa shape index (κ2) is 11.9. The van der Waals surface area contributed by atoms with Gasteiger partial charge in [0.25, 0.3) is 0 Å². The van der Waals surface area contributed by atoms with E-state index in [2.05, 4.69) is 19.8 Å². The van der Waals surface area contributed by atoms with Gasteiger partial charge in [-0.1, -0.05) is 0 Å². The molecule has 0 bridgehead atoms. The smallest absolute Gasteiger partial charge is 0.344 e. The highest BCUT2D eigenvalue weighted by Gasteiger charge is 2.19. The second-order valence-electron chi connectivity index (χ2n) is 9.19. The maximum atomic E-state index is 12.9. The minimum absolute atomic E-state index is 0. The van der Waals surface area contributed by atoms with Crippen LogP contribution in [0.15, 0.2) is 52.7 Å². The van der Waals surface area contributed by atoms with Crippen molar-refractivity contribution in [2.24, 2.45) is 9.98 Å². The van der Waals surface area contributed by atoms with Crippen molar-refractivity contribution in [3.63, 3.8) is 0 Å². The fraction of sp³-hybridized carbons (Fsp3) is 0.385. The molecule has 0 aliphatic carbocycles. The molecule has 198 valence electrons. The van der Waals surface area contributed by atoms with Gasteiger partial charge in [0.15, 0.2) is 0 Å². The molecule has 2 aliphatic rings. The molecule has 9 nitrogen and oxygen atoms in total. The van der Waals surface area contributed by atoms with Crippen LogP contribution >= 0.6 is 24.8 Å². The number of piperidine rings is 2. The van der Waals surface area contributed by atoms with Crippen molar-refractivity contribution in [1.29, 1.82) is 0 Å². The maximum Gasteiger partial charge on any atom is 0.344 e. The SMILES string of the molecule is Cl.Cl.O.O=c1oc2cc(N=CN3CCCCC3)cc3c(=O)oc4cc(N=CN5CCCCC5)cc1c4c23. The van der Waals surface area contributed by atoms with Crippen LogP contribution in [0.3, 0.4) is 0 Å². The molecule has 37 heavy (non-hydrogen) atoms. The highest BCUT2D eigenvalue weighted by atomic mass is 35.5. The zero-order valence-electron chi connectivity index (χ0n) is 20.3. The Bertz CT molecular complexity index is 1420. The Labute approximate surface area is 225 Å². The first kappa shape index (κ1) is 28.4. The second-order valence-corrected chi connectivity index (χ2v) is 9.19. The molecule has 2 aromatic heterocycles. The summed E-state index contributed by atoms with van der Waals surface area (Å²) in [6.07, 6.45) is 10.7. The van der Waals surface area contributed by atoms with E-state index >= 15 is 0 Å². The molecule has 0 amide bonds. The predicted molar refractivity (Wildman–Crippen MR) is 152 cm³/mol. The maximum absolute atomic E-state index is 12.9. The molecule has 2 saturated heterocycles. The summed E-state index contributed by atoms with van der Waals surface area (Å²) in [6.45, 7) is 3.88. The monoisotopic (exact) mass is 548 g/mol. The van der Waals surface area contributed by atoms with Crippen LogP contribution in [0.5, 0.6) is 0 Å². The van der Waals surface area contributed by atoms with E-state index in [4.69, 9.17) is 8.83 Å². The van der Waals surface area contributed by atoms with Crippen LogP contribution in [0.4, 0.5) is 11.4 Å². The summed E-state index contributed by atoms with van der Waals surface area (Å²) in [5.74, 6) is 0. The van der Waals surface area contributed by atoms with Crippen LogP contribution < -0.4 is 11.3 Å². The van der Waals surface area contributed by atoms with E-state index < -0.39 is 11.3 Å². The van der Waals surface area contributed by atoms with Gasteiger partial charge in [-0.2, -0.15) is 0 Å². The number of aliphatic imine (C=N–C) groups is 2. The fourth-order valence-corrected chi connectivity index (χ4v) is 5.02. The molecule has 0 atom stereocenters. The van der Waals surface area contributed by atoms with E-state index in [0.717, 1.165) is 51.9 Å². The molecular formula is C26H30Cl2N4O5. The zero-order chi connectivity index (χ0) is 23.1. The molecule has 2 aliphatic heterocycles. The Morgan fingerprint density at radius 1 is 0.622 bits per heavy atom. The van der Waals surface area contributed by atoms with Crippen molar-refractivity contribution < 1.29 is 14.3 Å². The average molecular weight is 549 g/mol. The molecule has 0 spiro atoms. The van der Waals surface area contributed by atoms with Crippen molar-refractivity contribution in [3.8, 4) is 0 Å². The number of halogens is 2. The minimum atomic E-state index is -0.486. The largest absolute Gasteiger partial charge is 0.422 e. The standard InChI is InChI=1S/C26H26N4O4.2ClH.H2O/c31-25-19-11-17(27-15-29-7-3-1-4-8-29)13-21-23(19)24-20(26(32)33-21)12-18(14-22(24)34-25)28-16-30-9-5-2-6-10-30;;;/h11-16H,1-10H2;2*1H;1H2. The number of likely N-dealkylation sites (tertiary alicyclic amines) is 2. The van der Waals surface area contributed by atoms with Gasteiger partial charge < -0.3 is 24.1 Å². The van der Waals surface area contributed by atoms with Crippen LogP contribution in [0.25, 0.3) is 32.7 Å². The molecule has 2 aromatic carbocycles. The van der Waals surface area contributed by atoms with E-state index in [9.17, 15) is 9.59 Å². The molecule has 2 fully saturated rings. The molecule has 0 radical (unpaired) electrons. The van der Waals surface area contributed by atoms with Crippen LogP contribution in [-0.4, -0.2) is 54.1 Å². The van der Waals surface area contributed by atoms with Crippen molar-refractivity contribution in [1.82, 2.24) is 9.80 Å². The third-order valence-corrected chi connectivity index (χ3v) is 6.79. The van der Waals surface area contributed by atoms with Gasteiger partial charge in [-0.15, -0.1) is 24.8 Å². The number of nitrogens with zero attached hydrogens (tertiary/aromatic N) is 4. The lowest BCUT2D eigenvalue weighted by atomic mass is 10.0. The van der Waals surface area contributed by atoms with Crippen molar-refractivity contribution in [2.75, 3.05) is 26.2 Å². The molecule has 6 rings (SSSR count). The van der Waals surface area contributed by atoms with E-state index in [-0.39, 0.29) is 30.3 Å². The van der Waals surface area contributed by atoms with Crippen molar-refractivity contribution in [2.45, 2.75) is 38.5 Å². The normalized spacial score (nSPS) is 16.4. The fourth-order valence-electron chi connectivity index (χ4n) is 5.02. The van der Waals surface area contributed by atoms with Gasteiger partial charge in [-0.3, -0.25) is 0 Å². The quantitative estimate of drug-likeness (QED) is 0.156. The number of hydrogen-bond acceptors (Lipinski definition) is 6. The molecule has 0 unspecified atom stereocenters. The van der Waals surface area contributed by atoms with E-state index in [1.807, 2.05) is 0 Å². The van der Waals surface area contributed by atoms with Crippen LogP contribution in [0.1, 0.15) is 38.5 Å². The average Bonchev–Trinajstić information content (AvgIpc) is 2.87. The Kier molecular flexibility index (Phi) is 9.17. The molecule has 0 saturated carbocycles. The Morgan fingerprint density at radius 3 is 1.38 bits per heavy atom. The van der Waals surface area contributed by atoms with Gasteiger partial charge in [0, 0.05) is 49.1 Å². The van der Waals surface area contributed by atoms with Gasteiger partial charge in [0.2, 0.25) is 0 Å². The minimum Gasteiger partial charge on any atom is -0.422 e. The summed E-state index contributed by atoms with van der Waals surface area (Å²) >= 11 is 0. The van der Waals surface area contributed by atoms with Gasteiger partial charge in [-0.05, 0) is 50.7 Å². The van der Waals surface area contributed by atoms with Gasteiger partial charge >= 0.3 is 11.3 Å². The Hall–Kier alpha value is -3.14. The van der Waals surface area contributed by atoms with E-state index in [1.54, 1.807) is 36.9 Å². The first-order valence-corrected chi connectivity index (χ1v) is 12.0. The lowest BCUT2D eigenvalue weighted by Crippen LogP contribution is -2.28. The topological polar surface area (TPSA) is 123 Å². The Morgan fingerprint density at radius 2 is 1.00 bits per heavy atom. The summed E-state index contributed by atoms with van der Waals surface area (Å²) in [5, 5.41) is 1.89. The first-order chi connectivity index (χ1) is 16.7. The zero-order valence-corrected chi connectivity index (χ0v) is 21.9. The van der Waals surface area contributed by atoms with Gasteiger partial charge in [-0.25, -0.2) is 19.6 Å². The first-order valence-electron chi connectivity index (χ1n) is 12.0. The molecule has 2 N–H and O–H groups in total. The number of hydrogen-bond donors (Lipinski definition) is 0. The third kappa shape index (κ3) is 5.58. The summed E-state index contributed by atoms with van der Waals surface area (Å²) in [5.41, 5.74) is 0.809. The molecule has 4 heterocycles. The van der Waals surface area contributed by atoms with E-state index in [1.165, 1.54) is 12.8 Å². The van der Waals surface area contributed by atoms with Gasteiger partial charge in [0.05, 0.1) is 34.8 Å². The van der Waals surface area contributed by atoms with Gasteiger partial charge in [0.1, 0.15) is 11.2 Å². The lowest BCUT2D eigenvalue weighted by molar-refractivity contribution is 0.351. The highest BCUT2D eigenvalue weighted by molar-refractivity contribution is 6.20. The third-order valence-electron chi connectivity index (χ3n) is 6.79. The van der Waals surface area contributed by atoms with Crippen molar-refractivity contribution >= 4 is 81.6 Å². The summed E-state index contributed by atoms with van der Waals surface area (Å²) in [6, 6.07) is 6.83. The highest BCUT2D eigenvalue weighted by Crippen LogP contribution is 2.35. The Balaban J connectivity index is 0.00000127. The summed E-state index contributed by atoms with van der Waals surface area (Å²) in [7, 11) is 0. The number of rotatable bonds is 4.